The van der Waals surface area contributed by atoms with Gasteiger partial charge in [0, 0.05) is 31.1 Å². The number of fused-ring (bicyclic) bond motifs is 2. The highest BCUT2D eigenvalue weighted by atomic mass is 35.5. The molecule has 1 aromatic rings. The zero-order chi connectivity index (χ0) is 19.6. The van der Waals surface area contributed by atoms with Crippen molar-refractivity contribution >= 4 is 24.3 Å². The van der Waals surface area contributed by atoms with Crippen LogP contribution in [0.1, 0.15) is 67.8 Å². The van der Waals surface area contributed by atoms with Gasteiger partial charge < -0.3 is 14.5 Å². The van der Waals surface area contributed by atoms with Crippen LogP contribution in [0.5, 0.6) is 0 Å². The first kappa shape index (κ1) is 22.1. The summed E-state index contributed by atoms with van der Waals surface area (Å²) in [5.74, 6) is 0.127. The van der Waals surface area contributed by atoms with Crippen molar-refractivity contribution in [3.63, 3.8) is 0 Å². The molecule has 3 aliphatic rings. The molecule has 1 saturated carbocycles. The van der Waals surface area contributed by atoms with E-state index in [1.54, 1.807) is 0 Å². The van der Waals surface area contributed by atoms with Crippen molar-refractivity contribution in [2.75, 3.05) is 32.7 Å². The average Bonchev–Trinajstić information content (AvgIpc) is 3.01. The fraction of sp³-hybridized carbons (Fsp3) is 0.652. The molecule has 2 aliphatic heterocycles. The number of likely N-dealkylation sites (N-methyl/N-ethyl adjacent to an activating group) is 1. The third-order valence-corrected chi connectivity index (χ3v) is 6.90. The second-order valence-corrected chi connectivity index (χ2v) is 8.52. The number of hydrogen-bond donors (Lipinski definition) is 0. The molecule has 0 N–H and O–H groups in total. The van der Waals surface area contributed by atoms with Crippen LogP contribution in [0.4, 0.5) is 0 Å². The number of piperidine rings is 1. The molecular formula is C23H33ClN2O3. The molecular weight excluding hydrogens is 388 g/mol. The van der Waals surface area contributed by atoms with E-state index in [4.69, 9.17) is 4.74 Å². The van der Waals surface area contributed by atoms with Crippen molar-refractivity contribution < 1.29 is 14.3 Å². The number of likely N-dealkylation sites (tertiary alicyclic amines) is 1. The van der Waals surface area contributed by atoms with Gasteiger partial charge >= 0.3 is 5.97 Å². The van der Waals surface area contributed by atoms with E-state index in [1.807, 2.05) is 29.2 Å². The number of benzene rings is 1. The quantitative estimate of drug-likeness (QED) is 0.675. The average molecular weight is 421 g/mol. The van der Waals surface area contributed by atoms with Gasteiger partial charge in [-0.25, -0.2) is 4.79 Å². The molecule has 1 saturated heterocycles. The number of rotatable bonds is 5. The van der Waals surface area contributed by atoms with Crippen molar-refractivity contribution in [3.05, 3.63) is 35.4 Å². The Hall–Kier alpha value is -1.59. The number of hydrogen-bond acceptors (Lipinski definition) is 4. The minimum absolute atomic E-state index is 0. The predicted octanol–water partition coefficient (Wildman–Crippen LogP) is 4.00. The molecule has 1 aliphatic carbocycles. The van der Waals surface area contributed by atoms with Crippen LogP contribution in [0, 0.1) is 5.92 Å². The maximum absolute atomic E-state index is 13.1. The molecule has 0 aromatic heterocycles. The monoisotopic (exact) mass is 420 g/mol. The number of ether oxygens (including phenoxy) is 1. The molecule has 1 aromatic carbocycles. The minimum Gasteiger partial charge on any atom is -0.451 e. The molecule has 1 spiro atoms. The highest BCUT2D eigenvalue weighted by Crippen LogP contribution is 2.48. The van der Waals surface area contributed by atoms with Crippen LogP contribution in [-0.2, 0) is 15.1 Å². The Kier molecular flexibility index (Phi) is 7.23. The zero-order valence-electron chi connectivity index (χ0n) is 17.4. The van der Waals surface area contributed by atoms with Gasteiger partial charge in [-0.05, 0) is 64.6 Å². The van der Waals surface area contributed by atoms with Gasteiger partial charge in [0.05, 0.1) is 5.56 Å². The van der Waals surface area contributed by atoms with E-state index in [1.165, 1.54) is 32.4 Å². The molecule has 2 heterocycles. The summed E-state index contributed by atoms with van der Waals surface area (Å²) in [6, 6.07) is 7.72. The topological polar surface area (TPSA) is 49.9 Å². The first-order chi connectivity index (χ1) is 13.6. The largest absolute Gasteiger partial charge is 0.451 e. The summed E-state index contributed by atoms with van der Waals surface area (Å²) in [4.78, 5) is 29.9. The fourth-order valence-electron chi connectivity index (χ4n) is 5.18. The smallest absolute Gasteiger partial charge is 0.339 e. The van der Waals surface area contributed by atoms with Crippen LogP contribution >= 0.6 is 12.4 Å². The number of esters is 1. The molecule has 2 fully saturated rings. The van der Waals surface area contributed by atoms with E-state index in [0.717, 1.165) is 50.9 Å². The summed E-state index contributed by atoms with van der Waals surface area (Å²) in [7, 11) is 0. The maximum atomic E-state index is 13.1. The molecule has 0 bridgehead atoms. The van der Waals surface area contributed by atoms with Gasteiger partial charge in [0.25, 0.3) is 0 Å². The predicted molar refractivity (Wildman–Crippen MR) is 115 cm³/mol. The van der Waals surface area contributed by atoms with E-state index >= 15 is 0 Å². The summed E-state index contributed by atoms with van der Waals surface area (Å²) in [6.45, 7) is 7.00. The lowest BCUT2D eigenvalue weighted by molar-refractivity contribution is -0.138. The Morgan fingerprint density at radius 1 is 1.17 bits per heavy atom. The molecule has 6 heteroatoms. The van der Waals surface area contributed by atoms with E-state index in [0.29, 0.717) is 5.56 Å². The van der Waals surface area contributed by atoms with Crippen LogP contribution in [0.3, 0.4) is 0 Å². The van der Waals surface area contributed by atoms with Gasteiger partial charge in [0.1, 0.15) is 5.60 Å². The summed E-state index contributed by atoms with van der Waals surface area (Å²) < 4.78 is 5.83. The van der Waals surface area contributed by atoms with E-state index < -0.39 is 5.60 Å². The van der Waals surface area contributed by atoms with Gasteiger partial charge in [-0.15, -0.1) is 12.4 Å². The first-order valence-electron chi connectivity index (χ1n) is 11.0. The number of amides is 1. The van der Waals surface area contributed by atoms with Gasteiger partial charge in [-0.2, -0.15) is 0 Å². The Labute approximate surface area is 180 Å². The molecule has 4 rings (SSSR count). The number of halogens is 1. The van der Waals surface area contributed by atoms with Gasteiger partial charge in [-0.1, -0.05) is 24.6 Å². The van der Waals surface area contributed by atoms with Crippen LogP contribution in [0.15, 0.2) is 24.3 Å². The van der Waals surface area contributed by atoms with Crippen LogP contribution in [0.25, 0.3) is 0 Å². The van der Waals surface area contributed by atoms with Gasteiger partial charge in [0.15, 0.2) is 0 Å². The SMILES string of the molecule is CCN(CCN1CCCCC1)C(=O)C1CCC2(CC1)OC(=O)c1ccccc12.Cl. The normalized spacial score (nSPS) is 26.5. The van der Waals surface area contributed by atoms with Crippen LogP contribution < -0.4 is 0 Å². The number of carbonyl (C=O) groups is 2. The third kappa shape index (κ3) is 4.46. The number of nitrogens with zero attached hydrogens (tertiary/aromatic N) is 2. The van der Waals surface area contributed by atoms with E-state index in [-0.39, 0.29) is 30.2 Å². The minimum atomic E-state index is -0.505. The Balaban J connectivity index is 0.00000240. The summed E-state index contributed by atoms with van der Waals surface area (Å²) >= 11 is 0. The Bertz CT molecular complexity index is 725. The molecule has 5 nitrogen and oxygen atoms in total. The lowest BCUT2D eigenvalue weighted by atomic mass is 9.74. The van der Waals surface area contributed by atoms with Crippen molar-refractivity contribution in [3.8, 4) is 0 Å². The first-order valence-corrected chi connectivity index (χ1v) is 11.0. The third-order valence-electron chi connectivity index (χ3n) is 6.90. The Morgan fingerprint density at radius 3 is 2.55 bits per heavy atom. The molecule has 1 amide bonds. The fourth-order valence-corrected chi connectivity index (χ4v) is 5.18. The van der Waals surface area contributed by atoms with Crippen molar-refractivity contribution in [2.24, 2.45) is 5.92 Å². The van der Waals surface area contributed by atoms with Crippen LogP contribution in [0.2, 0.25) is 0 Å². The standard InChI is InChI=1S/C23H32N2O3.ClH/c1-2-25(17-16-24-14-6-3-7-15-24)21(26)18-10-12-23(13-11-18)20-9-5-4-8-19(20)22(27)28-23;/h4-5,8-9,18H,2-3,6-7,10-17H2,1H3;1H. The zero-order valence-corrected chi connectivity index (χ0v) is 18.2. The highest BCUT2D eigenvalue weighted by Gasteiger charge is 2.48. The van der Waals surface area contributed by atoms with Crippen molar-refractivity contribution in [1.29, 1.82) is 0 Å². The highest BCUT2D eigenvalue weighted by molar-refractivity contribution is 5.94. The van der Waals surface area contributed by atoms with Gasteiger partial charge in [-0.3, -0.25) is 4.79 Å². The summed E-state index contributed by atoms with van der Waals surface area (Å²) in [5.41, 5.74) is 1.21. The van der Waals surface area contributed by atoms with E-state index in [9.17, 15) is 9.59 Å². The van der Waals surface area contributed by atoms with Gasteiger partial charge in [0.2, 0.25) is 5.91 Å². The molecule has 160 valence electrons. The molecule has 0 atom stereocenters. The Morgan fingerprint density at radius 2 is 1.86 bits per heavy atom. The molecule has 29 heavy (non-hydrogen) atoms. The lowest BCUT2D eigenvalue weighted by Crippen LogP contribution is -2.44. The van der Waals surface area contributed by atoms with Crippen molar-refractivity contribution in [1.82, 2.24) is 9.80 Å². The van der Waals surface area contributed by atoms with Crippen LogP contribution in [-0.4, -0.2) is 54.4 Å². The van der Waals surface area contributed by atoms with Crippen molar-refractivity contribution in [2.45, 2.75) is 57.5 Å². The molecule has 0 unspecified atom stereocenters. The lowest BCUT2D eigenvalue weighted by Gasteiger charge is -2.38. The second kappa shape index (κ2) is 9.48. The second-order valence-electron chi connectivity index (χ2n) is 8.52. The molecule has 0 radical (unpaired) electrons. The summed E-state index contributed by atoms with van der Waals surface area (Å²) in [6.07, 6.45) is 6.98. The summed E-state index contributed by atoms with van der Waals surface area (Å²) in [5, 5.41) is 0. The number of carbonyl (C=O) groups excluding carboxylic acids is 2. The maximum Gasteiger partial charge on any atom is 0.339 e. The van der Waals surface area contributed by atoms with E-state index in [2.05, 4.69) is 11.8 Å².